The van der Waals surface area contributed by atoms with Crippen LogP contribution in [0.25, 0.3) is 0 Å². The van der Waals surface area contributed by atoms with Crippen molar-refractivity contribution in [1.29, 1.82) is 5.26 Å². The molecule has 1 aromatic heterocycles. The number of hydrogen-bond acceptors (Lipinski definition) is 4. The van der Waals surface area contributed by atoms with Crippen LogP contribution in [0.2, 0.25) is 0 Å². The van der Waals surface area contributed by atoms with Gasteiger partial charge in [0.1, 0.15) is 11.8 Å². The van der Waals surface area contributed by atoms with Gasteiger partial charge in [0.2, 0.25) is 0 Å². The van der Waals surface area contributed by atoms with Gasteiger partial charge < -0.3 is 10.6 Å². The number of carbonyl (C=O) groups excluding carboxylic acids is 1. The van der Waals surface area contributed by atoms with Crippen LogP contribution < -0.4 is 10.6 Å². The fourth-order valence-electron chi connectivity index (χ4n) is 2.63. The van der Waals surface area contributed by atoms with E-state index in [1.807, 2.05) is 38.1 Å². The minimum Gasteiger partial charge on any atom is -0.354 e. The van der Waals surface area contributed by atoms with Crippen molar-refractivity contribution >= 4 is 23.0 Å². The average Bonchev–Trinajstić information content (AvgIpc) is 2.66. The first-order valence-electron chi connectivity index (χ1n) is 8.18. The summed E-state index contributed by atoms with van der Waals surface area (Å²) in [6.07, 6.45) is 1.62. The van der Waals surface area contributed by atoms with Gasteiger partial charge in [-0.1, -0.05) is 30.3 Å². The second kappa shape index (κ2) is 7.49. The highest BCUT2D eigenvalue weighted by Crippen LogP contribution is 2.24. The predicted octanol–water partition coefficient (Wildman–Crippen LogP) is 4.57. The van der Waals surface area contributed by atoms with Crippen LogP contribution in [0.15, 0.2) is 60.8 Å². The number of pyridine rings is 1. The van der Waals surface area contributed by atoms with E-state index in [4.69, 9.17) is 5.26 Å². The molecule has 26 heavy (non-hydrogen) atoms. The van der Waals surface area contributed by atoms with E-state index in [1.54, 1.807) is 36.5 Å². The Morgan fingerprint density at radius 2 is 1.73 bits per heavy atom. The quantitative estimate of drug-likeness (QED) is 0.728. The van der Waals surface area contributed by atoms with Crippen molar-refractivity contribution in [3.8, 4) is 6.07 Å². The average molecular weight is 342 g/mol. The van der Waals surface area contributed by atoms with Crippen molar-refractivity contribution in [1.82, 2.24) is 4.98 Å². The number of aromatic nitrogens is 1. The van der Waals surface area contributed by atoms with E-state index in [-0.39, 0.29) is 11.6 Å². The molecular formula is C21H18N4O. The van der Waals surface area contributed by atoms with E-state index in [2.05, 4.69) is 21.7 Å². The molecule has 0 unspecified atom stereocenters. The summed E-state index contributed by atoms with van der Waals surface area (Å²) < 4.78 is 0. The molecule has 3 rings (SSSR count). The third-order valence-electron chi connectivity index (χ3n) is 4.04. The third kappa shape index (κ3) is 3.70. The zero-order chi connectivity index (χ0) is 18.5. The summed E-state index contributed by atoms with van der Waals surface area (Å²) >= 11 is 0. The lowest BCUT2D eigenvalue weighted by Gasteiger charge is -2.12. The van der Waals surface area contributed by atoms with E-state index in [9.17, 15) is 4.79 Å². The maximum Gasteiger partial charge on any atom is 0.274 e. The second-order valence-electron chi connectivity index (χ2n) is 5.94. The summed E-state index contributed by atoms with van der Waals surface area (Å²) in [5, 5.41) is 15.2. The largest absolute Gasteiger partial charge is 0.354 e. The number of hydrogen-bond donors (Lipinski definition) is 2. The summed E-state index contributed by atoms with van der Waals surface area (Å²) in [4.78, 5) is 16.6. The fourth-order valence-corrected chi connectivity index (χ4v) is 2.63. The Morgan fingerprint density at radius 3 is 2.38 bits per heavy atom. The monoisotopic (exact) mass is 342 g/mol. The normalized spacial score (nSPS) is 10.0. The molecule has 0 radical (unpaired) electrons. The van der Waals surface area contributed by atoms with Crippen molar-refractivity contribution < 1.29 is 4.79 Å². The highest BCUT2D eigenvalue weighted by atomic mass is 16.1. The molecular weight excluding hydrogens is 324 g/mol. The zero-order valence-corrected chi connectivity index (χ0v) is 14.6. The Kier molecular flexibility index (Phi) is 4.95. The number of nitrogens with zero attached hydrogens (tertiary/aromatic N) is 2. The number of carbonyl (C=O) groups is 1. The predicted molar refractivity (Wildman–Crippen MR) is 103 cm³/mol. The summed E-state index contributed by atoms with van der Waals surface area (Å²) in [7, 11) is 0. The third-order valence-corrected chi connectivity index (χ3v) is 4.04. The van der Waals surface area contributed by atoms with Crippen molar-refractivity contribution in [3.05, 3.63) is 83.2 Å². The summed E-state index contributed by atoms with van der Waals surface area (Å²) in [5.74, 6) is -0.355. The molecule has 1 heterocycles. The van der Waals surface area contributed by atoms with Gasteiger partial charge in [-0.2, -0.15) is 5.26 Å². The number of rotatable bonds is 4. The topological polar surface area (TPSA) is 77.8 Å². The molecule has 0 fully saturated rings. The molecule has 5 heteroatoms. The lowest BCUT2D eigenvalue weighted by Crippen LogP contribution is -2.14. The molecule has 2 aromatic carbocycles. The van der Waals surface area contributed by atoms with E-state index in [0.29, 0.717) is 11.3 Å². The van der Waals surface area contributed by atoms with Gasteiger partial charge in [0, 0.05) is 5.69 Å². The van der Waals surface area contributed by atoms with Crippen LogP contribution in [0.3, 0.4) is 0 Å². The molecule has 0 atom stereocenters. The number of nitriles is 1. The van der Waals surface area contributed by atoms with Crippen LogP contribution in [0.1, 0.15) is 27.2 Å². The van der Waals surface area contributed by atoms with Crippen LogP contribution in [-0.2, 0) is 0 Å². The molecule has 5 nitrogen and oxygen atoms in total. The number of amides is 1. The molecule has 0 saturated heterocycles. The minimum atomic E-state index is -0.355. The Morgan fingerprint density at radius 1 is 1.00 bits per heavy atom. The Labute approximate surface area is 152 Å². The van der Waals surface area contributed by atoms with E-state index < -0.39 is 0 Å². The Balaban J connectivity index is 1.75. The highest BCUT2D eigenvalue weighted by Gasteiger charge is 2.10. The second-order valence-corrected chi connectivity index (χ2v) is 5.94. The summed E-state index contributed by atoms with van der Waals surface area (Å²) in [6.45, 7) is 4.08. The molecule has 3 aromatic rings. The van der Waals surface area contributed by atoms with Gasteiger partial charge in [-0.25, -0.2) is 4.98 Å². The number of nitrogens with one attached hydrogen (secondary N) is 2. The number of anilines is 3. The molecule has 0 bridgehead atoms. The van der Waals surface area contributed by atoms with Crippen LogP contribution in [0, 0.1) is 25.2 Å². The standard InChI is InChI=1S/C21H18N4O/c1-14-6-5-7-15(2)20(14)24-17-10-11-19(23-13-17)21(26)25-18-9-4-3-8-16(18)12-22/h3-11,13,24H,1-2H3,(H,25,26). The molecule has 0 aliphatic heterocycles. The Hall–Kier alpha value is -3.65. The van der Waals surface area contributed by atoms with Crippen LogP contribution >= 0.6 is 0 Å². The van der Waals surface area contributed by atoms with Crippen LogP contribution in [0.5, 0.6) is 0 Å². The molecule has 0 saturated carbocycles. The van der Waals surface area contributed by atoms with E-state index in [0.717, 1.165) is 22.5 Å². The van der Waals surface area contributed by atoms with Crippen molar-refractivity contribution in [2.24, 2.45) is 0 Å². The molecule has 128 valence electrons. The molecule has 0 spiro atoms. The first-order chi connectivity index (χ1) is 12.6. The maximum absolute atomic E-state index is 12.4. The van der Waals surface area contributed by atoms with Gasteiger partial charge in [-0.3, -0.25) is 4.79 Å². The number of benzene rings is 2. The fraction of sp³-hybridized carbons (Fsp3) is 0.0952. The Bertz CT molecular complexity index is 967. The number of para-hydroxylation sites is 2. The van der Waals surface area contributed by atoms with Gasteiger partial charge in [-0.05, 0) is 49.2 Å². The molecule has 2 N–H and O–H groups in total. The molecule has 0 aliphatic rings. The lowest BCUT2D eigenvalue weighted by atomic mass is 10.1. The number of aryl methyl sites for hydroxylation is 2. The SMILES string of the molecule is Cc1cccc(C)c1Nc1ccc(C(=O)Nc2ccccc2C#N)nc1. The van der Waals surface area contributed by atoms with Gasteiger partial charge in [-0.15, -0.1) is 0 Å². The van der Waals surface area contributed by atoms with Crippen molar-refractivity contribution in [2.45, 2.75) is 13.8 Å². The van der Waals surface area contributed by atoms with Gasteiger partial charge in [0.25, 0.3) is 5.91 Å². The maximum atomic E-state index is 12.4. The highest BCUT2D eigenvalue weighted by molar-refractivity contribution is 6.03. The smallest absolute Gasteiger partial charge is 0.274 e. The molecule has 0 aliphatic carbocycles. The first-order valence-corrected chi connectivity index (χ1v) is 8.18. The summed E-state index contributed by atoms with van der Waals surface area (Å²) in [6, 6.07) is 18.5. The van der Waals surface area contributed by atoms with Crippen LogP contribution in [0.4, 0.5) is 17.1 Å². The zero-order valence-electron chi connectivity index (χ0n) is 14.6. The van der Waals surface area contributed by atoms with E-state index in [1.165, 1.54) is 0 Å². The van der Waals surface area contributed by atoms with Gasteiger partial charge in [0.05, 0.1) is 23.1 Å². The van der Waals surface area contributed by atoms with E-state index >= 15 is 0 Å². The molecule has 1 amide bonds. The van der Waals surface area contributed by atoms with Crippen molar-refractivity contribution in [3.63, 3.8) is 0 Å². The van der Waals surface area contributed by atoms with Crippen LogP contribution in [-0.4, -0.2) is 10.9 Å². The van der Waals surface area contributed by atoms with Gasteiger partial charge in [0.15, 0.2) is 0 Å². The minimum absolute atomic E-state index is 0.282. The lowest BCUT2D eigenvalue weighted by molar-refractivity contribution is 0.102. The summed E-state index contributed by atoms with van der Waals surface area (Å²) in [5.41, 5.74) is 5.28. The van der Waals surface area contributed by atoms with Crippen molar-refractivity contribution in [2.75, 3.05) is 10.6 Å². The first kappa shape index (κ1) is 17.2. The van der Waals surface area contributed by atoms with Gasteiger partial charge >= 0.3 is 0 Å².